The molecule has 0 fully saturated rings. The van der Waals surface area contributed by atoms with Gasteiger partial charge in [0, 0.05) is 0 Å². The summed E-state index contributed by atoms with van der Waals surface area (Å²) < 4.78 is 39.6. The van der Waals surface area contributed by atoms with Crippen molar-refractivity contribution in [2.24, 2.45) is 0 Å². The Morgan fingerprint density at radius 1 is 1.14 bits per heavy atom. The molecule has 112 valence electrons. The highest BCUT2D eigenvalue weighted by Gasteiger charge is 2.19. The van der Waals surface area contributed by atoms with Crippen molar-refractivity contribution in [1.29, 1.82) is 0 Å². The molecule has 0 aliphatic heterocycles. The van der Waals surface area contributed by atoms with Gasteiger partial charge in [0.1, 0.15) is 11.6 Å². The van der Waals surface area contributed by atoms with Gasteiger partial charge in [-0.1, -0.05) is 23.2 Å². The molecule has 0 aromatic heterocycles. The average Bonchev–Trinajstić information content (AvgIpc) is 2.37. The van der Waals surface area contributed by atoms with Crippen molar-refractivity contribution in [2.45, 2.75) is 4.90 Å². The standard InChI is InChI=1S/C12H9Cl2FN2O3S/c13-8-3-6(15)4-9(14)12(8)17-21(19,20)7-1-2-11(18)10(16)5-7/h1-5,17-18H,16H2. The van der Waals surface area contributed by atoms with E-state index in [1.54, 1.807) is 0 Å². The number of nitrogens with two attached hydrogens (primary N) is 1. The summed E-state index contributed by atoms with van der Waals surface area (Å²) in [6, 6.07) is 5.22. The van der Waals surface area contributed by atoms with Crippen LogP contribution in [-0.2, 0) is 10.0 Å². The van der Waals surface area contributed by atoms with Crippen molar-refractivity contribution < 1.29 is 17.9 Å². The maximum atomic E-state index is 13.1. The Morgan fingerprint density at radius 2 is 1.71 bits per heavy atom. The molecular weight excluding hydrogens is 342 g/mol. The minimum Gasteiger partial charge on any atom is -0.506 e. The first-order valence-corrected chi connectivity index (χ1v) is 7.70. The van der Waals surface area contributed by atoms with Crippen LogP contribution < -0.4 is 10.5 Å². The Kier molecular flexibility index (Phi) is 4.18. The number of benzene rings is 2. The van der Waals surface area contributed by atoms with Crippen LogP contribution in [0.3, 0.4) is 0 Å². The summed E-state index contributed by atoms with van der Waals surface area (Å²) in [6.45, 7) is 0. The summed E-state index contributed by atoms with van der Waals surface area (Å²) in [5.74, 6) is -0.936. The third kappa shape index (κ3) is 3.31. The highest BCUT2D eigenvalue weighted by Crippen LogP contribution is 2.33. The summed E-state index contributed by atoms with van der Waals surface area (Å²) >= 11 is 11.5. The normalized spacial score (nSPS) is 11.4. The average molecular weight is 351 g/mol. The van der Waals surface area contributed by atoms with E-state index < -0.39 is 15.8 Å². The molecule has 0 saturated carbocycles. The number of anilines is 2. The first-order chi connectivity index (χ1) is 9.70. The first kappa shape index (κ1) is 15.7. The maximum Gasteiger partial charge on any atom is 0.262 e. The largest absolute Gasteiger partial charge is 0.506 e. The molecule has 0 aliphatic rings. The number of hydrogen-bond acceptors (Lipinski definition) is 4. The molecule has 0 spiro atoms. The SMILES string of the molecule is Nc1cc(S(=O)(=O)Nc2c(Cl)cc(F)cc2Cl)ccc1O. The fraction of sp³-hybridized carbons (Fsp3) is 0. The van der Waals surface area contributed by atoms with Gasteiger partial charge in [0.05, 0.1) is 26.3 Å². The number of rotatable bonds is 3. The number of nitrogen functional groups attached to an aromatic ring is 1. The van der Waals surface area contributed by atoms with Gasteiger partial charge in [0.25, 0.3) is 10.0 Å². The fourth-order valence-corrected chi connectivity index (χ4v) is 3.34. The molecule has 0 amide bonds. The second-order valence-electron chi connectivity index (χ2n) is 4.07. The Balaban J connectivity index is 2.44. The zero-order valence-corrected chi connectivity index (χ0v) is 12.6. The van der Waals surface area contributed by atoms with E-state index in [0.29, 0.717) is 0 Å². The van der Waals surface area contributed by atoms with Gasteiger partial charge in [-0.15, -0.1) is 0 Å². The predicted molar refractivity (Wildman–Crippen MR) is 79.7 cm³/mol. The van der Waals surface area contributed by atoms with E-state index in [4.69, 9.17) is 28.9 Å². The molecule has 0 heterocycles. The van der Waals surface area contributed by atoms with Gasteiger partial charge in [0.2, 0.25) is 0 Å². The number of sulfonamides is 1. The van der Waals surface area contributed by atoms with Gasteiger partial charge in [-0.2, -0.15) is 0 Å². The van der Waals surface area contributed by atoms with Gasteiger partial charge >= 0.3 is 0 Å². The number of halogens is 3. The topological polar surface area (TPSA) is 92.4 Å². The zero-order valence-electron chi connectivity index (χ0n) is 10.3. The molecule has 0 bridgehead atoms. The highest BCUT2D eigenvalue weighted by molar-refractivity contribution is 7.92. The second-order valence-corrected chi connectivity index (χ2v) is 6.57. The van der Waals surface area contributed by atoms with E-state index in [1.165, 1.54) is 0 Å². The molecule has 0 unspecified atom stereocenters. The minimum atomic E-state index is -4.04. The number of phenols is 1. The molecule has 2 aromatic carbocycles. The second kappa shape index (κ2) is 5.59. The number of aromatic hydroxyl groups is 1. The van der Waals surface area contributed by atoms with E-state index in [1.807, 2.05) is 0 Å². The van der Waals surface area contributed by atoms with E-state index in [9.17, 15) is 17.9 Å². The van der Waals surface area contributed by atoms with Crippen LogP contribution in [0.2, 0.25) is 10.0 Å². The summed E-state index contributed by atoms with van der Waals surface area (Å²) in [5.41, 5.74) is 5.20. The molecular formula is C12H9Cl2FN2O3S. The van der Waals surface area contributed by atoms with Crippen molar-refractivity contribution in [3.05, 3.63) is 46.2 Å². The fourth-order valence-electron chi connectivity index (χ4n) is 1.53. The van der Waals surface area contributed by atoms with Crippen LogP contribution in [-0.4, -0.2) is 13.5 Å². The molecule has 0 aliphatic carbocycles. The molecule has 9 heteroatoms. The van der Waals surface area contributed by atoms with Crippen LogP contribution in [0, 0.1) is 5.82 Å². The Hall–Kier alpha value is -1.70. The van der Waals surface area contributed by atoms with Gasteiger partial charge in [-0.3, -0.25) is 4.72 Å². The minimum absolute atomic E-state index is 0.103. The smallest absolute Gasteiger partial charge is 0.262 e. The third-order valence-corrected chi connectivity index (χ3v) is 4.50. The monoisotopic (exact) mass is 350 g/mol. The number of hydrogen-bond donors (Lipinski definition) is 3. The van der Waals surface area contributed by atoms with Crippen molar-refractivity contribution in [2.75, 3.05) is 10.5 Å². The van der Waals surface area contributed by atoms with Crippen molar-refractivity contribution >= 4 is 44.6 Å². The number of nitrogens with one attached hydrogen (secondary N) is 1. The lowest BCUT2D eigenvalue weighted by Gasteiger charge is -2.12. The van der Waals surface area contributed by atoms with Gasteiger partial charge in [0.15, 0.2) is 0 Å². The van der Waals surface area contributed by atoms with Crippen LogP contribution in [0.15, 0.2) is 35.2 Å². The Labute approximate surface area is 130 Å². The number of phenolic OH excluding ortho intramolecular Hbond substituents is 1. The summed E-state index contributed by atoms with van der Waals surface area (Å²) in [7, 11) is -4.04. The molecule has 4 N–H and O–H groups in total. The summed E-state index contributed by atoms with van der Waals surface area (Å²) in [5, 5.41) is 8.92. The van der Waals surface area contributed by atoms with Crippen molar-refractivity contribution in [3.8, 4) is 5.75 Å². The molecule has 0 atom stereocenters. The van der Waals surface area contributed by atoms with Crippen LogP contribution in [0.4, 0.5) is 15.8 Å². The maximum absolute atomic E-state index is 13.1. The van der Waals surface area contributed by atoms with E-state index in [0.717, 1.165) is 30.3 Å². The molecule has 0 radical (unpaired) electrons. The molecule has 5 nitrogen and oxygen atoms in total. The highest BCUT2D eigenvalue weighted by atomic mass is 35.5. The van der Waals surface area contributed by atoms with Crippen LogP contribution in [0.25, 0.3) is 0 Å². The van der Waals surface area contributed by atoms with E-state index in [2.05, 4.69) is 4.72 Å². The molecule has 21 heavy (non-hydrogen) atoms. The molecule has 0 saturated heterocycles. The first-order valence-electron chi connectivity index (χ1n) is 5.46. The van der Waals surface area contributed by atoms with Crippen LogP contribution in [0.5, 0.6) is 5.75 Å². The van der Waals surface area contributed by atoms with E-state index >= 15 is 0 Å². The lowest BCUT2D eigenvalue weighted by Crippen LogP contribution is -2.14. The third-order valence-electron chi connectivity index (χ3n) is 2.55. The molecule has 2 aromatic rings. The van der Waals surface area contributed by atoms with E-state index in [-0.39, 0.29) is 32.1 Å². The quantitative estimate of drug-likeness (QED) is 0.585. The van der Waals surface area contributed by atoms with Crippen molar-refractivity contribution in [1.82, 2.24) is 0 Å². The van der Waals surface area contributed by atoms with Crippen molar-refractivity contribution in [3.63, 3.8) is 0 Å². The Morgan fingerprint density at radius 3 is 2.24 bits per heavy atom. The van der Waals surface area contributed by atoms with Gasteiger partial charge < -0.3 is 10.8 Å². The summed E-state index contributed by atoms with van der Waals surface area (Å²) in [6.07, 6.45) is 0. The van der Waals surface area contributed by atoms with Gasteiger partial charge in [-0.05, 0) is 30.3 Å². The zero-order chi connectivity index (χ0) is 15.8. The Bertz CT molecular complexity index is 789. The summed E-state index contributed by atoms with van der Waals surface area (Å²) in [4.78, 5) is -0.200. The van der Waals surface area contributed by atoms with Gasteiger partial charge in [-0.25, -0.2) is 12.8 Å². The lowest BCUT2D eigenvalue weighted by atomic mass is 10.3. The lowest BCUT2D eigenvalue weighted by molar-refractivity contribution is 0.477. The predicted octanol–water partition coefficient (Wildman–Crippen LogP) is 3.22. The van der Waals surface area contributed by atoms with Crippen LogP contribution in [0.1, 0.15) is 0 Å². The molecule has 2 rings (SSSR count). The van der Waals surface area contributed by atoms with Crippen LogP contribution >= 0.6 is 23.2 Å².